The molecule has 1 aliphatic rings. The summed E-state index contributed by atoms with van der Waals surface area (Å²) in [7, 11) is 0. The zero-order valence-corrected chi connectivity index (χ0v) is 13.7. The van der Waals surface area contributed by atoms with Gasteiger partial charge in [-0.25, -0.2) is 0 Å². The molecule has 1 amide bonds. The van der Waals surface area contributed by atoms with Gasteiger partial charge >= 0.3 is 0 Å². The second-order valence-corrected chi connectivity index (χ2v) is 5.79. The lowest BCUT2D eigenvalue weighted by Gasteiger charge is -2.14. The molecule has 7 heteroatoms. The highest BCUT2D eigenvalue weighted by molar-refractivity contribution is 5.85. The highest BCUT2D eigenvalue weighted by Gasteiger charge is 2.26. The van der Waals surface area contributed by atoms with Gasteiger partial charge in [0.05, 0.1) is 6.54 Å². The smallest absolute Gasteiger partial charge is 0.220 e. The van der Waals surface area contributed by atoms with Crippen LogP contribution in [0.15, 0.2) is 36.7 Å². The monoisotopic (exact) mass is 335 g/mol. The van der Waals surface area contributed by atoms with Crippen LogP contribution in [-0.4, -0.2) is 26.7 Å². The molecule has 23 heavy (non-hydrogen) atoms. The molecule has 3 rings (SSSR count). The summed E-state index contributed by atoms with van der Waals surface area (Å²) < 4.78 is 1.88. The number of aromatic nitrogens is 3. The Labute approximate surface area is 141 Å². The lowest BCUT2D eigenvalue weighted by Crippen LogP contribution is -2.31. The van der Waals surface area contributed by atoms with Gasteiger partial charge in [-0.05, 0) is 30.9 Å². The molecule has 1 saturated carbocycles. The van der Waals surface area contributed by atoms with Gasteiger partial charge < -0.3 is 11.1 Å². The summed E-state index contributed by atoms with van der Waals surface area (Å²) in [6.07, 6.45) is 5.36. The van der Waals surface area contributed by atoms with Crippen LogP contribution in [0.5, 0.6) is 0 Å². The Kier molecular flexibility index (Phi) is 6.12. The maximum atomic E-state index is 12.1. The molecule has 1 aliphatic carbocycles. The number of halogens is 1. The Morgan fingerprint density at radius 1 is 1.30 bits per heavy atom. The van der Waals surface area contributed by atoms with Gasteiger partial charge in [0.15, 0.2) is 5.82 Å². The SMILES string of the molecule is Cl.N[C@@H]1CCC[C@H]1CC(=O)NCc1nncn1-c1ccccc1. The van der Waals surface area contributed by atoms with Gasteiger partial charge in [0.1, 0.15) is 6.33 Å². The van der Waals surface area contributed by atoms with Crippen LogP contribution in [0.4, 0.5) is 0 Å². The van der Waals surface area contributed by atoms with Crippen molar-refractivity contribution in [2.45, 2.75) is 38.3 Å². The van der Waals surface area contributed by atoms with Crippen molar-refractivity contribution in [1.82, 2.24) is 20.1 Å². The molecule has 0 saturated heterocycles. The average Bonchev–Trinajstić information content (AvgIpc) is 3.16. The molecule has 0 bridgehead atoms. The van der Waals surface area contributed by atoms with Crippen LogP contribution in [0.25, 0.3) is 5.69 Å². The largest absolute Gasteiger partial charge is 0.349 e. The van der Waals surface area contributed by atoms with E-state index in [4.69, 9.17) is 5.73 Å². The number of hydrogen-bond acceptors (Lipinski definition) is 4. The number of nitrogens with one attached hydrogen (secondary N) is 1. The van der Waals surface area contributed by atoms with Gasteiger partial charge in [-0.15, -0.1) is 22.6 Å². The number of para-hydroxylation sites is 1. The van der Waals surface area contributed by atoms with Crippen LogP contribution in [0.2, 0.25) is 0 Å². The van der Waals surface area contributed by atoms with E-state index in [1.54, 1.807) is 6.33 Å². The van der Waals surface area contributed by atoms with Crippen molar-refractivity contribution >= 4 is 18.3 Å². The molecular weight excluding hydrogens is 314 g/mol. The van der Waals surface area contributed by atoms with Crippen LogP contribution in [-0.2, 0) is 11.3 Å². The third-order valence-corrected chi connectivity index (χ3v) is 4.26. The lowest BCUT2D eigenvalue weighted by atomic mass is 10.00. The van der Waals surface area contributed by atoms with Crippen molar-refractivity contribution in [3.63, 3.8) is 0 Å². The van der Waals surface area contributed by atoms with E-state index in [-0.39, 0.29) is 24.4 Å². The molecular formula is C16H22ClN5O. The Morgan fingerprint density at radius 3 is 2.78 bits per heavy atom. The van der Waals surface area contributed by atoms with Gasteiger partial charge in [-0.2, -0.15) is 0 Å². The maximum Gasteiger partial charge on any atom is 0.220 e. The normalized spacial score (nSPS) is 20.0. The fourth-order valence-corrected chi connectivity index (χ4v) is 2.99. The first-order valence-electron chi connectivity index (χ1n) is 7.70. The van der Waals surface area contributed by atoms with Crippen molar-refractivity contribution in [2.24, 2.45) is 11.7 Å². The first-order valence-corrected chi connectivity index (χ1v) is 7.70. The van der Waals surface area contributed by atoms with Crippen LogP contribution in [0, 0.1) is 5.92 Å². The minimum Gasteiger partial charge on any atom is -0.349 e. The molecule has 2 aromatic rings. The lowest BCUT2D eigenvalue weighted by molar-refractivity contribution is -0.122. The number of hydrogen-bond donors (Lipinski definition) is 2. The van der Waals surface area contributed by atoms with Crippen molar-refractivity contribution in [2.75, 3.05) is 0 Å². The maximum absolute atomic E-state index is 12.1. The third kappa shape index (κ3) is 4.30. The number of rotatable bonds is 5. The summed E-state index contributed by atoms with van der Waals surface area (Å²) in [5, 5.41) is 10.9. The number of benzene rings is 1. The molecule has 1 aromatic carbocycles. The van der Waals surface area contributed by atoms with Crippen LogP contribution >= 0.6 is 12.4 Å². The van der Waals surface area contributed by atoms with E-state index in [9.17, 15) is 4.79 Å². The number of nitrogens with two attached hydrogens (primary N) is 1. The van der Waals surface area contributed by atoms with E-state index >= 15 is 0 Å². The van der Waals surface area contributed by atoms with Gasteiger partial charge in [-0.3, -0.25) is 9.36 Å². The molecule has 1 fully saturated rings. The summed E-state index contributed by atoms with van der Waals surface area (Å²) >= 11 is 0. The standard InChI is InChI=1S/C16H21N5O.ClH/c17-14-8-4-5-12(14)9-16(22)18-10-15-20-19-11-21(15)13-6-2-1-3-7-13;/h1-3,6-7,11-12,14H,4-5,8-10,17H2,(H,18,22);1H/t12-,14+;/m0./s1. The number of nitrogens with zero attached hydrogens (tertiary/aromatic N) is 3. The first-order chi connectivity index (χ1) is 10.7. The van der Waals surface area contributed by atoms with Gasteiger partial charge in [0.25, 0.3) is 0 Å². The minimum atomic E-state index is 0. The molecule has 124 valence electrons. The van der Waals surface area contributed by atoms with E-state index in [0.717, 1.165) is 30.8 Å². The van der Waals surface area contributed by atoms with Crippen molar-refractivity contribution < 1.29 is 4.79 Å². The molecule has 6 nitrogen and oxygen atoms in total. The number of carbonyl (C=O) groups excluding carboxylic acids is 1. The van der Waals surface area contributed by atoms with E-state index in [1.807, 2.05) is 34.9 Å². The van der Waals surface area contributed by atoms with Crippen molar-refractivity contribution in [3.05, 3.63) is 42.5 Å². The molecule has 1 aromatic heterocycles. The van der Waals surface area contributed by atoms with Gasteiger partial charge in [-0.1, -0.05) is 24.6 Å². The highest BCUT2D eigenvalue weighted by Crippen LogP contribution is 2.26. The van der Waals surface area contributed by atoms with E-state index in [0.29, 0.717) is 18.9 Å². The molecule has 2 atom stereocenters. The number of carbonyl (C=O) groups is 1. The summed E-state index contributed by atoms with van der Waals surface area (Å²) in [6.45, 7) is 0.371. The van der Waals surface area contributed by atoms with Crippen LogP contribution < -0.4 is 11.1 Å². The Bertz CT molecular complexity index is 630. The fraction of sp³-hybridized carbons (Fsp3) is 0.438. The Morgan fingerprint density at radius 2 is 2.09 bits per heavy atom. The topological polar surface area (TPSA) is 85.8 Å². The summed E-state index contributed by atoms with van der Waals surface area (Å²) in [5.74, 6) is 1.06. The molecule has 0 radical (unpaired) electrons. The molecule has 0 aliphatic heterocycles. The van der Waals surface area contributed by atoms with Crippen molar-refractivity contribution in [1.29, 1.82) is 0 Å². The molecule has 3 N–H and O–H groups in total. The number of amides is 1. The summed E-state index contributed by atoms with van der Waals surface area (Å²) in [4.78, 5) is 12.1. The molecule has 1 heterocycles. The second kappa shape index (κ2) is 8.08. The third-order valence-electron chi connectivity index (χ3n) is 4.26. The first kappa shape index (κ1) is 17.4. The van der Waals surface area contributed by atoms with Gasteiger partial charge in [0.2, 0.25) is 5.91 Å². The summed E-state index contributed by atoms with van der Waals surface area (Å²) in [6, 6.07) is 10.00. The highest BCUT2D eigenvalue weighted by atomic mass is 35.5. The molecule has 0 spiro atoms. The predicted octanol–water partition coefficient (Wildman–Crippen LogP) is 1.82. The van der Waals surface area contributed by atoms with Crippen LogP contribution in [0.3, 0.4) is 0 Å². The fourth-order valence-electron chi connectivity index (χ4n) is 2.99. The zero-order valence-electron chi connectivity index (χ0n) is 12.9. The zero-order chi connectivity index (χ0) is 15.4. The van der Waals surface area contributed by atoms with Crippen molar-refractivity contribution in [3.8, 4) is 5.69 Å². The molecule has 0 unspecified atom stereocenters. The van der Waals surface area contributed by atoms with E-state index < -0.39 is 0 Å². The Balaban J connectivity index is 0.00000192. The van der Waals surface area contributed by atoms with Gasteiger partial charge in [0, 0.05) is 18.2 Å². The average molecular weight is 336 g/mol. The van der Waals surface area contributed by atoms with E-state index in [2.05, 4.69) is 15.5 Å². The van der Waals surface area contributed by atoms with E-state index in [1.165, 1.54) is 0 Å². The predicted molar refractivity (Wildman–Crippen MR) is 90.4 cm³/mol. The quantitative estimate of drug-likeness (QED) is 0.872. The van der Waals surface area contributed by atoms with Crippen LogP contribution in [0.1, 0.15) is 31.5 Å². The minimum absolute atomic E-state index is 0. The Hall–Kier alpha value is -1.92. The summed E-state index contributed by atoms with van der Waals surface area (Å²) in [5.41, 5.74) is 6.99. The second-order valence-electron chi connectivity index (χ2n) is 5.79.